The van der Waals surface area contributed by atoms with E-state index >= 15 is 0 Å². The Hall–Kier alpha value is -3.45. The third-order valence-corrected chi connectivity index (χ3v) is 8.28. The lowest BCUT2D eigenvalue weighted by molar-refractivity contribution is -0.148. The molecule has 7 N–H and O–H groups in total. The van der Waals surface area contributed by atoms with Crippen molar-refractivity contribution in [1.82, 2.24) is 9.80 Å². The number of fused-ring (bicyclic) bond motifs is 3. The lowest BCUT2D eigenvalue weighted by atomic mass is 9.58. The van der Waals surface area contributed by atoms with Gasteiger partial charge in [0.1, 0.15) is 22.8 Å². The molecule has 1 unspecified atom stereocenters. The fourth-order valence-corrected chi connectivity index (χ4v) is 6.68. The summed E-state index contributed by atoms with van der Waals surface area (Å²) in [6, 6.07) is 0.743. The molecule has 5 atom stereocenters. The minimum atomic E-state index is -2.68. The van der Waals surface area contributed by atoms with Crippen LogP contribution in [-0.2, 0) is 22.6 Å². The fourth-order valence-electron chi connectivity index (χ4n) is 6.68. The van der Waals surface area contributed by atoms with Gasteiger partial charge in [-0.1, -0.05) is 0 Å². The summed E-state index contributed by atoms with van der Waals surface area (Å²) in [5.41, 5.74) is 3.30. The lowest BCUT2D eigenvalue weighted by Gasteiger charge is -2.50. The molecular formula is C28H38N4O8. The van der Waals surface area contributed by atoms with Gasteiger partial charge in [-0.3, -0.25) is 24.2 Å². The molecule has 1 aromatic carbocycles. The molecule has 0 bridgehead atoms. The third kappa shape index (κ3) is 4.35. The van der Waals surface area contributed by atoms with Crippen LogP contribution in [0.15, 0.2) is 28.7 Å². The topological polar surface area (TPSA) is 188 Å². The summed E-state index contributed by atoms with van der Waals surface area (Å²) in [5, 5.41) is 55.2. The molecular weight excluding hydrogens is 520 g/mol. The second-order valence-electron chi connectivity index (χ2n) is 11.7. The minimum Gasteiger partial charge on any atom is -0.510 e. The van der Waals surface area contributed by atoms with E-state index in [-0.39, 0.29) is 36.3 Å². The van der Waals surface area contributed by atoms with Gasteiger partial charge in [-0.2, -0.15) is 0 Å². The van der Waals surface area contributed by atoms with Gasteiger partial charge >= 0.3 is 0 Å². The average molecular weight is 559 g/mol. The van der Waals surface area contributed by atoms with Crippen molar-refractivity contribution >= 4 is 23.2 Å². The Morgan fingerprint density at radius 3 is 2.30 bits per heavy atom. The molecule has 1 aromatic rings. The summed E-state index contributed by atoms with van der Waals surface area (Å²) in [6.07, 6.45) is -0.381. The fraction of sp³-hybridized carbons (Fsp3) is 0.536. The van der Waals surface area contributed by atoms with Crippen LogP contribution in [0.1, 0.15) is 34.8 Å². The van der Waals surface area contributed by atoms with E-state index in [1.165, 1.54) is 4.90 Å². The Kier molecular flexibility index (Phi) is 7.52. The number of allylic oxidation sites excluding steroid dienone is 1. The molecule has 0 aliphatic heterocycles. The maximum absolute atomic E-state index is 14.1. The van der Waals surface area contributed by atoms with Gasteiger partial charge in [-0.05, 0) is 58.5 Å². The van der Waals surface area contributed by atoms with E-state index < -0.39 is 64.1 Å². The largest absolute Gasteiger partial charge is 0.510 e. The van der Waals surface area contributed by atoms with Gasteiger partial charge in [-0.15, -0.1) is 0 Å². The third-order valence-electron chi connectivity index (χ3n) is 8.28. The Bertz CT molecular complexity index is 1350. The highest BCUT2D eigenvalue weighted by atomic mass is 16.3. The Labute approximate surface area is 232 Å². The number of likely N-dealkylation sites (N-methyl/N-ethyl adjacent to an activating group) is 2. The molecule has 12 heteroatoms. The second kappa shape index (κ2) is 10.2. The molecule has 3 aliphatic rings. The van der Waals surface area contributed by atoms with Crippen molar-refractivity contribution in [3.63, 3.8) is 0 Å². The van der Waals surface area contributed by atoms with Gasteiger partial charge in [0.2, 0.25) is 5.78 Å². The van der Waals surface area contributed by atoms with Gasteiger partial charge in [0.05, 0.1) is 17.7 Å². The number of hydrogen-bond donors (Lipinski definition) is 6. The molecule has 0 spiro atoms. The van der Waals surface area contributed by atoms with Crippen LogP contribution in [0.3, 0.4) is 0 Å². The maximum Gasteiger partial charge on any atom is 0.255 e. The zero-order chi connectivity index (χ0) is 30.0. The minimum absolute atomic E-state index is 0.0261. The van der Waals surface area contributed by atoms with Crippen molar-refractivity contribution in [2.24, 2.45) is 17.6 Å². The van der Waals surface area contributed by atoms with E-state index in [0.29, 0.717) is 23.4 Å². The van der Waals surface area contributed by atoms with Crippen molar-refractivity contribution < 1.29 is 39.9 Å². The van der Waals surface area contributed by atoms with Crippen LogP contribution in [0, 0.1) is 11.8 Å². The summed E-state index contributed by atoms with van der Waals surface area (Å²) >= 11 is 0. The number of hydrogen-bond acceptors (Lipinski definition) is 11. The molecule has 1 amide bonds. The smallest absolute Gasteiger partial charge is 0.255 e. The molecule has 0 radical (unpaired) electrons. The van der Waals surface area contributed by atoms with Gasteiger partial charge in [0.25, 0.3) is 5.91 Å². The van der Waals surface area contributed by atoms with Crippen molar-refractivity contribution in [2.45, 2.75) is 44.1 Å². The van der Waals surface area contributed by atoms with E-state index in [2.05, 4.69) is 0 Å². The number of benzene rings is 1. The number of phenolic OH excluding ortho intramolecular Hbond substituents is 1. The van der Waals surface area contributed by atoms with Crippen LogP contribution < -0.4 is 10.6 Å². The molecule has 12 nitrogen and oxygen atoms in total. The molecule has 4 rings (SSSR count). The van der Waals surface area contributed by atoms with Crippen LogP contribution in [0.5, 0.6) is 5.75 Å². The number of phenols is 1. The monoisotopic (exact) mass is 558 g/mol. The number of aromatic hydroxyl groups is 1. The number of anilines is 1. The van der Waals surface area contributed by atoms with Crippen LogP contribution in [0.4, 0.5) is 5.69 Å². The normalized spacial score (nSPS) is 27.1. The van der Waals surface area contributed by atoms with E-state index in [1.54, 1.807) is 53.1 Å². The lowest BCUT2D eigenvalue weighted by Crippen LogP contribution is -2.63. The first kappa shape index (κ1) is 29.5. The zero-order valence-corrected chi connectivity index (χ0v) is 23.6. The van der Waals surface area contributed by atoms with Crippen molar-refractivity contribution in [3.05, 3.63) is 45.4 Å². The van der Waals surface area contributed by atoms with E-state index in [9.17, 15) is 39.9 Å². The number of carbonyl (C=O) groups excluding carboxylic acids is 3. The Morgan fingerprint density at radius 2 is 1.77 bits per heavy atom. The summed E-state index contributed by atoms with van der Waals surface area (Å²) in [6.45, 7) is 2.18. The van der Waals surface area contributed by atoms with Crippen LogP contribution >= 0.6 is 0 Å². The van der Waals surface area contributed by atoms with Crippen LogP contribution in [0.2, 0.25) is 0 Å². The number of nitrogens with two attached hydrogens (primary N) is 1. The van der Waals surface area contributed by atoms with Crippen molar-refractivity contribution in [3.8, 4) is 5.75 Å². The number of ketones is 2. The maximum atomic E-state index is 14.1. The van der Waals surface area contributed by atoms with Gasteiger partial charge in [0.15, 0.2) is 11.4 Å². The number of aliphatic hydroxyl groups is 4. The first-order valence-electron chi connectivity index (χ1n) is 13.1. The van der Waals surface area contributed by atoms with Crippen molar-refractivity contribution in [2.75, 3.05) is 46.7 Å². The predicted octanol–water partition coefficient (Wildman–Crippen LogP) is -0.000800. The van der Waals surface area contributed by atoms with Gasteiger partial charge < -0.3 is 36.2 Å². The molecule has 0 saturated heterocycles. The van der Waals surface area contributed by atoms with E-state index in [1.807, 2.05) is 4.90 Å². The van der Waals surface area contributed by atoms with E-state index in [0.717, 1.165) is 0 Å². The van der Waals surface area contributed by atoms with Gasteiger partial charge in [-0.25, -0.2) is 0 Å². The number of primary amides is 1. The summed E-state index contributed by atoms with van der Waals surface area (Å²) in [7, 11) is 8.55. The number of rotatable bonds is 7. The highest BCUT2D eigenvalue weighted by Crippen LogP contribution is 2.53. The quantitative estimate of drug-likeness (QED) is 0.247. The highest BCUT2D eigenvalue weighted by Gasteiger charge is 2.63. The molecule has 218 valence electrons. The molecule has 0 fully saturated rings. The molecule has 40 heavy (non-hydrogen) atoms. The standard InChI is InChI=1S/C28H38N4O8/c1-12(33)10-32(6)11-14-9-17(30(2)3)15-7-13-8-16-21(31(4)5)24(36)20(27(29)39)26(38)28(16,40)25(37)18(13)23(35)19(15)22(14)34/h9,12-13,16,21,33-34,36-37,40H,7-8,10-11H2,1-6H3,(H2,29,39)/t12?,13-,16-,21-,28-/m0/s1. The first-order chi connectivity index (χ1) is 18.5. The number of Topliss-reactive ketones (excluding diaryl/α,β-unsaturated/α-hetero) is 2. The van der Waals surface area contributed by atoms with Crippen LogP contribution in [-0.4, -0.2) is 112 Å². The Balaban J connectivity index is 1.92. The van der Waals surface area contributed by atoms with Gasteiger partial charge in [0, 0.05) is 49.9 Å². The molecule has 0 heterocycles. The summed E-state index contributed by atoms with van der Waals surface area (Å²) < 4.78 is 0. The average Bonchev–Trinajstić information content (AvgIpc) is 2.81. The number of amides is 1. The highest BCUT2D eigenvalue weighted by molar-refractivity contribution is 6.24. The van der Waals surface area contributed by atoms with Crippen LogP contribution in [0.25, 0.3) is 0 Å². The molecule has 0 saturated carbocycles. The summed E-state index contributed by atoms with van der Waals surface area (Å²) in [5.74, 6) is -6.77. The first-order valence-corrected chi connectivity index (χ1v) is 13.1. The number of aliphatic hydroxyl groups excluding tert-OH is 3. The molecule has 0 aromatic heterocycles. The predicted molar refractivity (Wildman–Crippen MR) is 146 cm³/mol. The molecule has 3 aliphatic carbocycles. The number of carbonyl (C=O) groups is 3. The Morgan fingerprint density at radius 1 is 1.15 bits per heavy atom. The SMILES string of the molecule is CC(O)CN(C)Cc1cc(N(C)C)c2c(c1O)C(=O)C1=C(O)[C@]3(O)C(=O)C(C(N)=O)=C(O)[C@@H](N(C)C)[C@@H]3C[C@@H]1C2. The number of nitrogens with zero attached hydrogens (tertiary/aromatic N) is 3. The summed E-state index contributed by atoms with van der Waals surface area (Å²) in [4.78, 5) is 44.8. The zero-order valence-electron chi connectivity index (χ0n) is 23.6. The van der Waals surface area contributed by atoms with Crippen molar-refractivity contribution in [1.29, 1.82) is 0 Å². The van der Waals surface area contributed by atoms with E-state index in [4.69, 9.17) is 5.73 Å². The second-order valence-corrected chi connectivity index (χ2v) is 11.7.